The number of likely N-dealkylation sites (tertiary alicyclic amines) is 1. The quantitative estimate of drug-likeness (QED) is 0.206. The normalized spacial score (nSPS) is 14.6. The van der Waals surface area contributed by atoms with Gasteiger partial charge in [0.2, 0.25) is 5.88 Å². The van der Waals surface area contributed by atoms with Crippen molar-refractivity contribution in [3.63, 3.8) is 0 Å². The minimum absolute atomic E-state index is 0.000359. The molecule has 14 heteroatoms. The molecule has 2 aromatic heterocycles. The Labute approximate surface area is 263 Å². The Hall–Kier alpha value is -3.88. The number of hydrogen-bond donors (Lipinski definition) is 2. The minimum atomic E-state index is -3.00. The number of aryl methyl sites for hydroxylation is 1. The highest BCUT2D eigenvalue weighted by atomic mass is 32.2. The molecule has 3 aromatic rings. The van der Waals surface area contributed by atoms with E-state index in [0.717, 1.165) is 23.5 Å². The lowest BCUT2D eigenvalue weighted by Crippen LogP contribution is -2.58. The Balaban J connectivity index is 1.62. The summed E-state index contributed by atoms with van der Waals surface area (Å²) >= 11 is 1.60. The first-order chi connectivity index (χ1) is 21.3. The lowest BCUT2D eigenvalue weighted by Gasteiger charge is -2.39. The van der Waals surface area contributed by atoms with Crippen LogP contribution in [0.4, 0.5) is 19.0 Å². The number of aromatic nitrogens is 2. The van der Waals surface area contributed by atoms with Gasteiger partial charge in [-0.05, 0) is 74.0 Å². The molecule has 0 spiro atoms. The number of thioether (sulfide) groups is 1. The number of benzene rings is 1. The molecule has 1 saturated heterocycles. The molecule has 1 fully saturated rings. The average molecular weight is 648 g/mol. The number of ether oxygens (including phenoxy) is 2. The van der Waals surface area contributed by atoms with Gasteiger partial charge in [0.05, 0.1) is 24.8 Å². The minimum Gasteiger partial charge on any atom is -0.475 e. The summed E-state index contributed by atoms with van der Waals surface area (Å²) in [5, 5.41) is 5.92. The van der Waals surface area contributed by atoms with Crippen LogP contribution in [0.25, 0.3) is 11.1 Å². The first kappa shape index (κ1) is 34.0. The zero-order chi connectivity index (χ0) is 32.9. The SMILES string of the molecule is COC(CCNCc1cc(C(=O)Nc2cc(-c3ccc(F)cc3C(=O)N3CC(F)(F)C3)cc(OC(C)C)n2)c(=O)n(C)c1)SC. The van der Waals surface area contributed by atoms with Gasteiger partial charge < -0.3 is 29.6 Å². The van der Waals surface area contributed by atoms with Gasteiger partial charge in [-0.25, -0.2) is 13.2 Å². The van der Waals surface area contributed by atoms with Crippen LogP contribution in [0.2, 0.25) is 0 Å². The van der Waals surface area contributed by atoms with E-state index in [1.165, 1.54) is 28.8 Å². The molecule has 1 atom stereocenters. The summed E-state index contributed by atoms with van der Waals surface area (Å²) in [5.41, 5.74) is 0.527. The van der Waals surface area contributed by atoms with Crippen LogP contribution < -0.4 is 20.9 Å². The molecule has 2 N–H and O–H groups in total. The molecule has 10 nitrogen and oxygen atoms in total. The molecule has 0 saturated carbocycles. The summed E-state index contributed by atoms with van der Waals surface area (Å²) in [6.07, 6.45) is 4.05. The molecule has 0 bridgehead atoms. The van der Waals surface area contributed by atoms with E-state index in [9.17, 15) is 27.6 Å². The van der Waals surface area contributed by atoms with Gasteiger partial charge in [-0.3, -0.25) is 14.4 Å². The maximum absolute atomic E-state index is 14.3. The third kappa shape index (κ3) is 8.65. The van der Waals surface area contributed by atoms with Gasteiger partial charge >= 0.3 is 0 Å². The van der Waals surface area contributed by atoms with Crippen molar-refractivity contribution in [3.05, 3.63) is 75.5 Å². The number of alkyl halides is 2. The maximum atomic E-state index is 14.3. The summed E-state index contributed by atoms with van der Waals surface area (Å²) in [5.74, 6) is -5.12. The van der Waals surface area contributed by atoms with Crippen LogP contribution in [0.3, 0.4) is 0 Å². The monoisotopic (exact) mass is 647 g/mol. The van der Waals surface area contributed by atoms with E-state index >= 15 is 0 Å². The van der Waals surface area contributed by atoms with Crippen molar-refractivity contribution in [2.45, 2.75) is 44.3 Å². The lowest BCUT2D eigenvalue weighted by molar-refractivity contribution is -0.113. The summed E-state index contributed by atoms with van der Waals surface area (Å²) in [7, 11) is 3.20. The zero-order valence-corrected chi connectivity index (χ0v) is 26.5. The third-order valence-corrected chi connectivity index (χ3v) is 7.90. The molecule has 1 aliphatic heterocycles. The van der Waals surface area contributed by atoms with Crippen molar-refractivity contribution in [2.24, 2.45) is 7.05 Å². The highest BCUT2D eigenvalue weighted by Crippen LogP contribution is 2.34. The van der Waals surface area contributed by atoms with E-state index in [1.54, 1.807) is 46.0 Å². The van der Waals surface area contributed by atoms with Crippen LogP contribution in [0.15, 0.2) is 47.4 Å². The van der Waals surface area contributed by atoms with Crippen LogP contribution in [0, 0.1) is 5.82 Å². The second-order valence-corrected chi connectivity index (χ2v) is 11.9. The zero-order valence-electron chi connectivity index (χ0n) is 25.7. The second-order valence-electron chi connectivity index (χ2n) is 11.0. The first-order valence-corrected chi connectivity index (χ1v) is 15.5. The van der Waals surface area contributed by atoms with Crippen LogP contribution in [-0.4, -0.2) is 76.7 Å². The second kappa shape index (κ2) is 14.5. The van der Waals surface area contributed by atoms with Crippen molar-refractivity contribution in [1.29, 1.82) is 0 Å². The lowest BCUT2D eigenvalue weighted by atomic mass is 9.97. The van der Waals surface area contributed by atoms with Crippen molar-refractivity contribution in [2.75, 3.05) is 38.3 Å². The van der Waals surface area contributed by atoms with Crippen molar-refractivity contribution in [1.82, 2.24) is 19.8 Å². The molecule has 2 amide bonds. The summed E-state index contributed by atoms with van der Waals surface area (Å²) < 4.78 is 53.7. The predicted octanol–water partition coefficient (Wildman–Crippen LogP) is 4.53. The van der Waals surface area contributed by atoms with E-state index in [4.69, 9.17) is 9.47 Å². The molecule has 3 heterocycles. The Morgan fingerprint density at radius 2 is 1.87 bits per heavy atom. The highest BCUT2D eigenvalue weighted by Gasteiger charge is 2.46. The van der Waals surface area contributed by atoms with Crippen LogP contribution >= 0.6 is 11.8 Å². The molecule has 0 aliphatic carbocycles. The number of nitrogens with zero attached hydrogens (tertiary/aromatic N) is 3. The predicted molar refractivity (Wildman–Crippen MR) is 167 cm³/mol. The van der Waals surface area contributed by atoms with Gasteiger partial charge in [-0.15, -0.1) is 11.8 Å². The summed E-state index contributed by atoms with van der Waals surface area (Å²) in [6, 6.07) is 7.91. The number of methoxy groups -OCH3 is 1. The van der Waals surface area contributed by atoms with Crippen LogP contribution in [0.5, 0.6) is 5.88 Å². The Kier molecular flexibility index (Phi) is 10.9. The third-order valence-electron chi connectivity index (χ3n) is 6.95. The van der Waals surface area contributed by atoms with Crippen LogP contribution in [-0.2, 0) is 18.3 Å². The fourth-order valence-electron chi connectivity index (χ4n) is 4.81. The highest BCUT2D eigenvalue weighted by molar-refractivity contribution is 7.99. The standard InChI is InChI=1S/C31H36F3N5O5S/c1-18(2)44-26-12-20(22-7-6-21(32)13-23(22)30(42)39-16-31(33,34)17-39)11-25(36-26)37-28(40)24-10-19(15-38(3)29(24)41)14-35-9-8-27(43-4)45-5/h6-7,10-13,15,18,27,35H,8-9,14,16-17H2,1-5H3,(H,36,37,40). The number of rotatable bonds is 13. The summed E-state index contributed by atoms with van der Waals surface area (Å²) in [6.45, 7) is 3.07. The first-order valence-electron chi connectivity index (χ1n) is 14.2. The fraction of sp³-hybridized carbons (Fsp3) is 0.419. The van der Waals surface area contributed by atoms with Crippen molar-refractivity contribution < 1.29 is 32.2 Å². The van der Waals surface area contributed by atoms with Gasteiger partial charge in [0.1, 0.15) is 22.6 Å². The van der Waals surface area contributed by atoms with Gasteiger partial charge in [0.25, 0.3) is 23.3 Å². The van der Waals surface area contributed by atoms with Crippen LogP contribution in [0.1, 0.15) is 46.5 Å². The number of amides is 2. The molecule has 1 unspecified atom stereocenters. The summed E-state index contributed by atoms with van der Waals surface area (Å²) in [4.78, 5) is 44.7. The number of pyridine rings is 2. The largest absolute Gasteiger partial charge is 0.475 e. The van der Waals surface area contributed by atoms with Crippen molar-refractivity contribution in [3.8, 4) is 17.0 Å². The Morgan fingerprint density at radius 3 is 2.51 bits per heavy atom. The van der Waals surface area contributed by atoms with E-state index in [-0.39, 0.29) is 39.9 Å². The smallest absolute Gasteiger partial charge is 0.282 e. The molecular formula is C31H36F3N5O5S. The van der Waals surface area contributed by atoms with Crippen molar-refractivity contribution >= 4 is 29.4 Å². The maximum Gasteiger partial charge on any atom is 0.282 e. The van der Waals surface area contributed by atoms with Gasteiger partial charge in [-0.2, -0.15) is 4.98 Å². The number of halogens is 3. The van der Waals surface area contributed by atoms with E-state index in [1.807, 2.05) is 6.26 Å². The van der Waals surface area contributed by atoms with E-state index in [0.29, 0.717) is 24.2 Å². The van der Waals surface area contributed by atoms with Gasteiger partial charge in [-0.1, -0.05) is 6.07 Å². The number of nitrogens with one attached hydrogen (secondary N) is 2. The fourth-order valence-corrected chi connectivity index (χ4v) is 5.35. The number of hydrogen-bond acceptors (Lipinski definition) is 8. The molecule has 1 aliphatic rings. The van der Waals surface area contributed by atoms with E-state index < -0.39 is 42.2 Å². The molecule has 4 rings (SSSR count). The number of anilines is 1. The Morgan fingerprint density at radius 1 is 1.13 bits per heavy atom. The Bertz CT molecular complexity index is 1600. The number of carbonyl (C=O) groups is 2. The topological polar surface area (TPSA) is 115 Å². The number of carbonyl (C=O) groups excluding carboxylic acids is 2. The van der Waals surface area contributed by atoms with E-state index in [2.05, 4.69) is 15.6 Å². The van der Waals surface area contributed by atoms with Gasteiger partial charge in [0.15, 0.2) is 0 Å². The molecule has 0 radical (unpaired) electrons. The average Bonchev–Trinajstić information content (AvgIpc) is 2.96. The molecule has 45 heavy (non-hydrogen) atoms. The molecule has 1 aromatic carbocycles. The molecular weight excluding hydrogens is 611 g/mol. The van der Waals surface area contributed by atoms with Gasteiger partial charge in [0, 0.05) is 33.0 Å². The molecule has 242 valence electrons.